The Bertz CT molecular complexity index is 1160. The molecule has 0 radical (unpaired) electrons. The number of esters is 3. The lowest BCUT2D eigenvalue weighted by Gasteiger charge is -2.44. The summed E-state index contributed by atoms with van der Waals surface area (Å²) in [5.41, 5.74) is 1.04. The Labute approximate surface area is 230 Å². The van der Waals surface area contributed by atoms with Gasteiger partial charge in [0.15, 0.2) is 18.5 Å². The SMILES string of the molecule is C[C@@H]1C[C@@H](O[C@@H]2O[C@H](CO)[C@@H](O)[C@H](OC(=O)Cc3ccc(O)cc3)[C@H]2OC(=O)Cc2ccc(O)cc2)CC(=O)O1. The molecule has 40 heavy (non-hydrogen) atoms. The summed E-state index contributed by atoms with van der Waals surface area (Å²) in [6.07, 6.45) is -8.55. The predicted molar refractivity (Wildman–Crippen MR) is 135 cm³/mol. The molecule has 0 amide bonds. The average Bonchev–Trinajstić information content (AvgIpc) is 2.89. The van der Waals surface area contributed by atoms with Gasteiger partial charge in [-0.25, -0.2) is 0 Å². The molecule has 216 valence electrons. The quantitative estimate of drug-likeness (QED) is 0.252. The molecule has 2 fully saturated rings. The van der Waals surface area contributed by atoms with E-state index in [2.05, 4.69) is 0 Å². The van der Waals surface area contributed by atoms with Crippen LogP contribution in [0.5, 0.6) is 11.5 Å². The molecule has 2 aliphatic heterocycles. The van der Waals surface area contributed by atoms with Crippen molar-refractivity contribution in [2.45, 2.75) is 75.5 Å². The molecule has 0 unspecified atom stereocenters. The van der Waals surface area contributed by atoms with Crippen LogP contribution in [-0.4, -0.2) is 87.9 Å². The van der Waals surface area contributed by atoms with E-state index in [9.17, 15) is 34.8 Å². The summed E-state index contributed by atoms with van der Waals surface area (Å²) in [7, 11) is 0. The van der Waals surface area contributed by atoms with Gasteiger partial charge >= 0.3 is 17.9 Å². The average molecular weight is 561 g/mol. The monoisotopic (exact) mass is 560 g/mol. The third-order valence-electron chi connectivity index (χ3n) is 6.55. The fourth-order valence-electron chi connectivity index (χ4n) is 4.61. The van der Waals surface area contributed by atoms with E-state index < -0.39 is 67.4 Å². The summed E-state index contributed by atoms with van der Waals surface area (Å²) in [5.74, 6) is -1.99. The van der Waals surface area contributed by atoms with Crippen LogP contribution in [0.15, 0.2) is 48.5 Å². The number of aromatic hydroxyl groups is 2. The highest BCUT2D eigenvalue weighted by atomic mass is 16.7. The molecule has 2 aromatic carbocycles. The Morgan fingerprint density at radius 2 is 1.43 bits per heavy atom. The Kier molecular flexibility index (Phi) is 9.58. The predicted octanol–water partition coefficient (Wildman–Crippen LogP) is 0.895. The maximum atomic E-state index is 13.0. The second-order valence-electron chi connectivity index (χ2n) is 9.81. The lowest BCUT2D eigenvalue weighted by atomic mass is 9.98. The van der Waals surface area contributed by atoms with Crippen molar-refractivity contribution in [3.05, 3.63) is 59.7 Å². The fraction of sp³-hybridized carbons (Fsp3) is 0.464. The standard InChI is InChI=1S/C28H32O12/c1-15-10-20(13-24(34)36-15)37-28-27(40-23(33)12-17-4-8-19(31)9-5-17)26(25(35)21(14-29)38-28)39-22(32)11-16-2-6-18(30)7-3-16/h2-9,15,20-21,25-31,35H,10-14H2,1H3/t15-,20-,21-,25-,26+,27-,28-/m1/s1. The summed E-state index contributed by atoms with van der Waals surface area (Å²) in [5, 5.41) is 39.8. The number of cyclic esters (lactones) is 1. The van der Waals surface area contributed by atoms with E-state index in [1.165, 1.54) is 48.5 Å². The van der Waals surface area contributed by atoms with E-state index in [1.807, 2.05) is 0 Å². The van der Waals surface area contributed by atoms with Crippen molar-refractivity contribution < 1.29 is 58.5 Å². The molecule has 2 saturated heterocycles. The van der Waals surface area contributed by atoms with Gasteiger partial charge < -0.3 is 44.1 Å². The highest BCUT2D eigenvalue weighted by Crippen LogP contribution is 2.31. The second-order valence-corrected chi connectivity index (χ2v) is 9.81. The Balaban J connectivity index is 1.56. The van der Waals surface area contributed by atoms with Gasteiger partial charge in [0, 0.05) is 6.42 Å². The van der Waals surface area contributed by atoms with Gasteiger partial charge in [0.25, 0.3) is 0 Å². The summed E-state index contributed by atoms with van der Waals surface area (Å²) >= 11 is 0. The van der Waals surface area contributed by atoms with Gasteiger partial charge in [0.05, 0.1) is 32.0 Å². The van der Waals surface area contributed by atoms with Crippen molar-refractivity contribution in [3.63, 3.8) is 0 Å². The Morgan fingerprint density at radius 1 is 0.900 bits per heavy atom. The number of carbonyl (C=O) groups excluding carboxylic acids is 3. The van der Waals surface area contributed by atoms with Crippen molar-refractivity contribution in [3.8, 4) is 11.5 Å². The van der Waals surface area contributed by atoms with Gasteiger partial charge in [-0.2, -0.15) is 0 Å². The Morgan fingerprint density at radius 3 is 1.93 bits per heavy atom. The molecule has 12 heteroatoms. The van der Waals surface area contributed by atoms with Gasteiger partial charge in [0.2, 0.25) is 0 Å². The zero-order valence-electron chi connectivity index (χ0n) is 21.8. The van der Waals surface area contributed by atoms with E-state index in [0.29, 0.717) is 17.5 Å². The molecule has 0 bridgehead atoms. The van der Waals surface area contributed by atoms with Crippen molar-refractivity contribution in [1.29, 1.82) is 0 Å². The first-order valence-corrected chi connectivity index (χ1v) is 12.9. The molecule has 2 aromatic rings. The number of benzene rings is 2. The lowest BCUT2D eigenvalue weighted by molar-refractivity contribution is -0.318. The van der Waals surface area contributed by atoms with Gasteiger partial charge in [0.1, 0.15) is 29.8 Å². The molecule has 2 heterocycles. The van der Waals surface area contributed by atoms with Crippen LogP contribution in [0.3, 0.4) is 0 Å². The summed E-state index contributed by atoms with van der Waals surface area (Å²) < 4.78 is 28.1. The van der Waals surface area contributed by atoms with E-state index in [1.54, 1.807) is 6.92 Å². The van der Waals surface area contributed by atoms with E-state index in [-0.39, 0.29) is 30.8 Å². The van der Waals surface area contributed by atoms with E-state index in [4.69, 9.17) is 23.7 Å². The van der Waals surface area contributed by atoms with Crippen LogP contribution < -0.4 is 0 Å². The smallest absolute Gasteiger partial charge is 0.310 e. The molecule has 2 aliphatic rings. The third-order valence-corrected chi connectivity index (χ3v) is 6.55. The van der Waals surface area contributed by atoms with Gasteiger partial charge in [-0.15, -0.1) is 0 Å². The minimum Gasteiger partial charge on any atom is -0.508 e. The fourth-order valence-corrected chi connectivity index (χ4v) is 4.61. The second kappa shape index (κ2) is 13.1. The number of rotatable bonds is 9. The van der Waals surface area contributed by atoms with Crippen molar-refractivity contribution in [1.82, 2.24) is 0 Å². The number of hydrogen-bond acceptors (Lipinski definition) is 12. The third kappa shape index (κ3) is 7.69. The van der Waals surface area contributed by atoms with Crippen molar-refractivity contribution in [2.75, 3.05) is 6.61 Å². The number of carbonyl (C=O) groups is 3. The molecular formula is C28H32O12. The zero-order valence-corrected chi connectivity index (χ0v) is 21.8. The minimum atomic E-state index is -1.59. The molecule has 0 aliphatic carbocycles. The maximum absolute atomic E-state index is 13.0. The highest BCUT2D eigenvalue weighted by molar-refractivity contribution is 5.74. The first kappa shape index (κ1) is 29.3. The maximum Gasteiger partial charge on any atom is 0.310 e. The van der Waals surface area contributed by atoms with Crippen LogP contribution in [0.25, 0.3) is 0 Å². The van der Waals surface area contributed by atoms with Crippen LogP contribution in [-0.2, 0) is 50.9 Å². The Hall–Kier alpha value is -3.71. The lowest BCUT2D eigenvalue weighted by Crippen LogP contribution is -2.62. The zero-order chi connectivity index (χ0) is 28.8. The highest BCUT2D eigenvalue weighted by Gasteiger charge is 2.51. The van der Waals surface area contributed by atoms with Crippen LogP contribution >= 0.6 is 0 Å². The van der Waals surface area contributed by atoms with Crippen LogP contribution in [0, 0.1) is 0 Å². The number of hydrogen-bond donors (Lipinski definition) is 4. The first-order valence-electron chi connectivity index (χ1n) is 12.9. The van der Waals surface area contributed by atoms with Crippen LogP contribution in [0.4, 0.5) is 0 Å². The molecule has 0 spiro atoms. The molecule has 4 rings (SSSR count). The van der Waals surface area contributed by atoms with Crippen molar-refractivity contribution >= 4 is 17.9 Å². The number of phenolic OH excluding ortho intramolecular Hbond substituents is 2. The molecular weight excluding hydrogens is 528 g/mol. The largest absolute Gasteiger partial charge is 0.508 e. The normalized spacial score (nSPS) is 28.4. The molecule has 4 N–H and O–H groups in total. The number of ether oxygens (including phenoxy) is 5. The topological polar surface area (TPSA) is 178 Å². The molecule has 0 saturated carbocycles. The number of phenols is 2. The minimum absolute atomic E-state index is 0.0178. The molecule has 12 nitrogen and oxygen atoms in total. The summed E-state index contributed by atoms with van der Waals surface area (Å²) in [6.45, 7) is 1.03. The molecule has 0 aromatic heterocycles. The summed E-state index contributed by atoms with van der Waals surface area (Å²) in [4.78, 5) is 37.8. The number of aliphatic hydroxyl groups excluding tert-OH is 2. The molecule has 7 atom stereocenters. The van der Waals surface area contributed by atoms with E-state index >= 15 is 0 Å². The van der Waals surface area contributed by atoms with Crippen LogP contribution in [0.2, 0.25) is 0 Å². The first-order chi connectivity index (χ1) is 19.1. The summed E-state index contributed by atoms with van der Waals surface area (Å²) in [6, 6.07) is 11.7. The van der Waals surface area contributed by atoms with Gasteiger partial charge in [-0.05, 0) is 42.3 Å². The van der Waals surface area contributed by atoms with E-state index in [0.717, 1.165) is 0 Å². The van der Waals surface area contributed by atoms with Gasteiger partial charge in [-0.3, -0.25) is 14.4 Å². The van der Waals surface area contributed by atoms with Crippen molar-refractivity contribution in [2.24, 2.45) is 0 Å². The van der Waals surface area contributed by atoms with Crippen LogP contribution in [0.1, 0.15) is 30.9 Å². The van der Waals surface area contributed by atoms with Gasteiger partial charge in [-0.1, -0.05) is 24.3 Å². The number of aliphatic hydroxyl groups is 2.